The Morgan fingerprint density at radius 3 is 2.93 bits per heavy atom. The second-order valence-corrected chi connectivity index (χ2v) is 5.40. The molecule has 0 aliphatic heterocycles. The van der Waals surface area contributed by atoms with Crippen molar-refractivity contribution in [2.24, 2.45) is 5.92 Å². The van der Waals surface area contributed by atoms with Crippen LogP contribution in [0.4, 0.5) is 0 Å². The molecule has 1 N–H and O–H groups in total. The lowest BCUT2D eigenvalue weighted by Gasteiger charge is -2.14. The summed E-state index contributed by atoms with van der Waals surface area (Å²) < 4.78 is 0. The van der Waals surface area contributed by atoms with E-state index in [-0.39, 0.29) is 0 Å². The number of nitrogens with one attached hydrogen (secondary N) is 1. The summed E-state index contributed by atoms with van der Waals surface area (Å²) in [6, 6.07) is 0.734. The first-order chi connectivity index (χ1) is 6.79. The largest absolute Gasteiger partial charge is 0.309 e. The first kappa shape index (κ1) is 10.1. The maximum Gasteiger partial charge on any atom is 0.0897 e. The molecular weight excluding hydrogens is 192 g/mol. The summed E-state index contributed by atoms with van der Waals surface area (Å²) in [4.78, 5) is 5.62. The average molecular weight is 210 g/mol. The highest BCUT2D eigenvalue weighted by Crippen LogP contribution is 2.34. The maximum atomic E-state index is 4.26. The molecule has 0 aromatic carbocycles. The predicted octanol–water partition coefficient (Wildman–Crippen LogP) is 2.73. The monoisotopic (exact) mass is 210 g/mol. The van der Waals surface area contributed by atoms with Gasteiger partial charge in [0.25, 0.3) is 0 Å². The number of hydrogen-bond acceptors (Lipinski definition) is 3. The molecule has 2 rings (SSSR count). The highest BCUT2D eigenvalue weighted by molar-refractivity contribution is 7.11. The molecule has 14 heavy (non-hydrogen) atoms. The molecule has 78 valence electrons. The van der Waals surface area contributed by atoms with E-state index in [1.165, 1.54) is 29.1 Å². The SMILES string of the molecule is CCC(NCc1cnc(C)s1)C1CC1. The van der Waals surface area contributed by atoms with Gasteiger partial charge >= 0.3 is 0 Å². The van der Waals surface area contributed by atoms with Gasteiger partial charge in [0.1, 0.15) is 0 Å². The van der Waals surface area contributed by atoms with Crippen molar-refractivity contribution in [2.45, 2.75) is 45.7 Å². The Hall–Kier alpha value is -0.410. The number of nitrogens with zero attached hydrogens (tertiary/aromatic N) is 1. The van der Waals surface area contributed by atoms with Crippen molar-refractivity contribution in [1.29, 1.82) is 0 Å². The minimum atomic E-state index is 0.734. The summed E-state index contributed by atoms with van der Waals surface area (Å²) in [5, 5.41) is 4.80. The fraction of sp³-hybridized carbons (Fsp3) is 0.727. The molecule has 1 saturated carbocycles. The van der Waals surface area contributed by atoms with Gasteiger partial charge < -0.3 is 5.32 Å². The van der Waals surface area contributed by atoms with Crippen molar-refractivity contribution in [1.82, 2.24) is 10.3 Å². The van der Waals surface area contributed by atoms with Crippen LogP contribution in [-0.2, 0) is 6.54 Å². The van der Waals surface area contributed by atoms with Crippen LogP contribution in [0, 0.1) is 12.8 Å². The Labute approximate surface area is 89.8 Å². The highest BCUT2D eigenvalue weighted by atomic mass is 32.1. The zero-order chi connectivity index (χ0) is 9.97. The van der Waals surface area contributed by atoms with Crippen LogP contribution in [0.2, 0.25) is 0 Å². The second-order valence-electron chi connectivity index (χ2n) is 4.08. The molecule has 3 heteroatoms. The third kappa shape index (κ3) is 2.55. The van der Waals surface area contributed by atoms with Gasteiger partial charge in [0, 0.05) is 23.7 Å². The number of aryl methyl sites for hydroxylation is 1. The lowest BCUT2D eigenvalue weighted by atomic mass is 10.1. The smallest absolute Gasteiger partial charge is 0.0897 e. The standard InChI is InChI=1S/C11H18N2S/c1-3-11(9-4-5-9)13-7-10-6-12-8(2)14-10/h6,9,11,13H,3-5,7H2,1-2H3. The van der Waals surface area contributed by atoms with Crippen molar-refractivity contribution in [2.75, 3.05) is 0 Å². The fourth-order valence-corrected chi connectivity index (χ4v) is 2.61. The normalized spacial score (nSPS) is 18.4. The van der Waals surface area contributed by atoms with E-state index in [2.05, 4.69) is 24.1 Å². The highest BCUT2D eigenvalue weighted by Gasteiger charge is 2.29. The first-order valence-corrected chi connectivity index (χ1v) is 6.26. The lowest BCUT2D eigenvalue weighted by Crippen LogP contribution is -2.29. The van der Waals surface area contributed by atoms with Crippen LogP contribution < -0.4 is 5.32 Å². The summed E-state index contributed by atoms with van der Waals surface area (Å²) in [5.41, 5.74) is 0. The van der Waals surface area contributed by atoms with E-state index in [1.807, 2.05) is 6.20 Å². The van der Waals surface area contributed by atoms with Gasteiger partial charge in [-0.15, -0.1) is 11.3 Å². The van der Waals surface area contributed by atoms with Gasteiger partial charge in [-0.05, 0) is 32.1 Å². The van der Waals surface area contributed by atoms with Crippen LogP contribution in [0.25, 0.3) is 0 Å². The van der Waals surface area contributed by atoms with Crippen molar-refractivity contribution in [3.63, 3.8) is 0 Å². The summed E-state index contributed by atoms with van der Waals surface area (Å²) in [5.74, 6) is 0.953. The number of aromatic nitrogens is 1. The molecule has 1 aliphatic carbocycles. The molecule has 0 bridgehead atoms. The molecule has 1 aromatic rings. The van der Waals surface area contributed by atoms with Crippen LogP contribution in [0.15, 0.2) is 6.20 Å². The Kier molecular flexibility index (Phi) is 3.19. The molecule has 1 unspecified atom stereocenters. The number of thiazole rings is 1. The van der Waals surface area contributed by atoms with E-state index in [1.54, 1.807) is 11.3 Å². The van der Waals surface area contributed by atoms with Gasteiger partial charge in [0.15, 0.2) is 0 Å². The Balaban J connectivity index is 1.80. The summed E-state index contributed by atoms with van der Waals surface area (Å²) in [7, 11) is 0. The van der Waals surface area contributed by atoms with E-state index in [4.69, 9.17) is 0 Å². The summed E-state index contributed by atoms with van der Waals surface area (Å²) in [6.07, 6.45) is 6.09. The van der Waals surface area contributed by atoms with Gasteiger partial charge in [0.05, 0.1) is 5.01 Å². The maximum absolute atomic E-state index is 4.26. The molecule has 1 aliphatic rings. The summed E-state index contributed by atoms with van der Waals surface area (Å²) in [6.45, 7) is 5.33. The lowest BCUT2D eigenvalue weighted by molar-refractivity contribution is 0.451. The van der Waals surface area contributed by atoms with Gasteiger partial charge in [-0.2, -0.15) is 0 Å². The predicted molar refractivity (Wildman–Crippen MR) is 60.5 cm³/mol. The van der Waals surface area contributed by atoms with E-state index in [0.29, 0.717) is 0 Å². The first-order valence-electron chi connectivity index (χ1n) is 5.44. The molecule has 1 heterocycles. The Morgan fingerprint density at radius 1 is 1.64 bits per heavy atom. The van der Waals surface area contributed by atoms with Crippen molar-refractivity contribution in [3.05, 3.63) is 16.1 Å². The molecule has 1 fully saturated rings. The minimum absolute atomic E-state index is 0.734. The van der Waals surface area contributed by atoms with Crippen molar-refractivity contribution >= 4 is 11.3 Å². The zero-order valence-corrected chi connectivity index (χ0v) is 9.73. The van der Waals surface area contributed by atoms with Crippen molar-refractivity contribution in [3.8, 4) is 0 Å². The zero-order valence-electron chi connectivity index (χ0n) is 8.92. The average Bonchev–Trinajstić information content (AvgIpc) is 2.92. The van der Waals surface area contributed by atoms with Crippen LogP contribution in [0.5, 0.6) is 0 Å². The van der Waals surface area contributed by atoms with Gasteiger partial charge in [-0.25, -0.2) is 4.98 Å². The quantitative estimate of drug-likeness (QED) is 0.808. The van der Waals surface area contributed by atoms with Gasteiger partial charge in [-0.3, -0.25) is 0 Å². The summed E-state index contributed by atoms with van der Waals surface area (Å²) >= 11 is 1.80. The van der Waals surface area contributed by atoms with Crippen LogP contribution >= 0.6 is 11.3 Å². The van der Waals surface area contributed by atoms with Crippen LogP contribution in [-0.4, -0.2) is 11.0 Å². The van der Waals surface area contributed by atoms with Gasteiger partial charge in [0.2, 0.25) is 0 Å². The number of hydrogen-bond donors (Lipinski definition) is 1. The van der Waals surface area contributed by atoms with Crippen LogP contribution in [0.1, 0.15) is 36.1 Å². The van der Waals surface area contributed by atoms with E-state index >= 15 is 0 Å². The molecule has 0 amide bonds. The Morgan fingerprint density at radius 2 is 2.43 bits per heavy atom. The number of rotatable bonds is 5. The van der Waals surface area contributed by atoms with E-state index < -0.39 is 0 Å². The third-order valence-corrected chi connectivity index (χ3v) is 3.75. The van der Waals surface area contributed by atoms with E-state index in [9.17, 15) is 0 Å². The molecule has 0 spiro atoms. The third-order valence-electron chi connectivity index (χ3n) is 2.84. The Bertz CT molecular complexity index is 291. The molecule has 1 aromatic heterocycles. The molecule has 0 radical (unpaired) electrons. The van der Waals surface area contributed by atoms with E-state index in [0.717, 1.165) is 18.5 Å². The van der Waals surface area contributed by atoms with Crippen LogP contribution in [0.3, 0.4) is 0 Å². The minimum Gasteiger partial charge on any atom is -0.309 e. The molecule has 0 saturated heterocycles. The molecule has 2 nitrogen and oxygen atoms in total. The van der Waals surface area contributed by atoms with Crippen molar-refractivity contribution < 1.29 is 0 Å². The molecular formula is C11H18N2S. The van der Waals surface area contributed by atoms with Gasteiger partial charge in [-0.1, -0.05) is 6.92 Å². The topological polar surface area (TPSA) is 24.9 Å². The second kappa shape index (κ2) is 4.41. The molecule has 1 atom stereocenters. The fourth-order valence-electron chi connectivity index (χ4n) is 1.86.